The van der Waals surface area contributed by atoms with Crippen LogP contribution in [0.5, 0.6) is 0 Å². The summed E-state index contributed by atoms with van der Waals surface area (Å²) in [6.07, 6.45) is 5.95. The Kier molecular flexibility index (Phi) is 6.77. The summed E-state index contributed by atoms with van der Waals surface area (Å²) in [4.78, 5) is 30.2. The van der Waals surface area contributed by atoms with Crippen molar-refractivity contribution in [2.45, 2.75) is 43.7 Å². The standard InChI is InChI=1S/C22H31N3O3S/c26-20(19-15-29-17-25(19)21(27)18-7-3-1-4-8-18)23-16-22(9-5-2-6-10-22)24-11-13-28-14-12-24/h1,3-4,7-8,19H,2,5-6,9-17H2,(H,23,26). The predicted octanol–water partition coefficient (Wildman–Crippen LogP) is 2.35. The zero-order valence-electron chi connectivity index (χ0n) is 17.0. The first-order chi connectivity index (χ1) is 14.2. The van der Waals surface area contributed by atoms with Crippen molar-refractivity contribution in [3.8, 4) is 0 Å². The molecule has 1 atom stereocenters. The number of nitrogens with zero attached hydrogens (tertiary/aromatic N) is 2. The topological polar surface area (TPSA) is 61.9 Å². The molecule has 2 aliphatic heterocycles. The summed E-state index contributed by atoms with van der Waals surface area (Å²) in [5, 5.41) is 3.24. The molecule has 1 aliphatic carbocycles. The van der Waals surface area contributed by atoms with Crippen LogP contribution in [-0.2, 0) is 9.53 Å². The van der Waals surface area contributed by atoms with Gasteiger partial charge in [0.2, 0.25) is 5.91 Å². The van der Waals surface area contributed by atoms with Crippen molar-refractivity contribution in [1.29, 1.82) is 0 Å². The third-order valence-corrected chi connectivity index (χ3v) is 7.54. The van der Waals surface area contributed by atoms with Gasteiger partial charge in [-0.15, -0.1) is 11.8 Å². The van der Waals surface area contributed by atoms with Gasteiger partial charge in [-0.3, -0.25) is 14.5 Å². The number of amides is 2. The third-order valence-electron chi connectivity index (χ3n) is 6.52. The van der Waals surface area contributed by atoms with Crippen LogP contribution in [-0.4, -0.2) is 77.7 Å². The predicted molar refractivity (Wildman–Crippen MR) is 115 cm³/mol. The number of hydrogen-bond acceptors (Lipinski definition) is 5. The second-order valence-corrected chi connectivity index (χ2v) is 9.26. The Bertz CT molecular complexity index is 703. The monoisotopic (exact) mass is 417 g/mol. The maximum absolute atomic E-state index is 13.1. The van der Waals surface area contributed by atoms with Gasteiger partial charge in [0.1, 0.15) is 6.04 Å². The average molecular weight is 418 g/mol. The van der Waals surface area contributed by atoms with Crippen LogP contribution in [0.25, 0.3) is 0 Å². The van der Waals surface area contributed by atoms with Crippen molar-refractivity contribution in [1.82, 2.24) is 15.1 Å². The molecule has 1 unspecified atom stereocenters. The Morgan fingerprint density at radius 1 is 1.10 bits per heavy atom. The fraction of sp³-hybridized carbons (Fsp3) is 0.636. The SMILES string of the molecule is O=C(NCC1(N2CCOCC2)CCCCC1)C1CSCN1C(=O)c1ccccc1. The van der Waals surface area contributed by atoms with Crippen LogP contribution in [0.15, 0.2) is 30.3 Å². The molecule has 2 saturated heterocycles. The van der Waals surface area contributed by atoms with Gasteiger partial charge >= 0.3 is 0 Å². The van der Waals surface area contributed by atoms with E-state index in [4.69, 9.17) is 4.74 Å². The molecule has 0 aromatic heterocycles. The Balaban J connectivity index is 1.41. The fourth-order valence-electron chi connectivity index (χ4n) is 4.83. The summed E-state index contributed by atoms with van der Waals surface area (Å²) < 4.78 is 5.55. The van der Waals surface area contributed by atoms with Crippen LogP contribution in [0.2, 0.25) is 0 Å². The molecule has 3 aliphatic rings. The molecule has 0 spiro atoms. The van der Waals surface area contributed by atoms with Crippen LogP contribution >= 0.6 is 11.8 Å². The molecule has 1 saturated carbocycles. The summed E-state index contributed by atoms with van der Waals surface area (Å²) >= 11 is 1.65. The van der Waals surface area contributed by atoms with Gasteiger partial charge in [-0.05, 0) is 25.0 Å². The number of rotatable bonds is 5. The fourth-order valence-corrected chi connectivity index (χ4v) is 5.98. The smallest absolute Gasteiger partial charge is 0.255 e. The molecule has 3 fully saturated rings. The quantitative estimate of drug-likeness (QED) is 0.797. The van der Waals surface area contributed by atoms with Gasteiger partial charge in [0.15, 0.2) is 0 Å². The lowest BCUT2D eigenvalue weighted by Crippen LogP contribution is -2.61. The van der Waals surface area contributed by atoms with Crippen molar-refractivity contribution in [2.24, 2.45) is 0 Å². The summed E-state index contributed by atoms with van der Waals surface area (Å²) in [5.74, 6) is 1.16. The van der Waals surface area contributed by atoms with Gasteiger partial charge in [0.05, 0.1) is 19.1 Å². The van der Waals surface area contributed by atoms with Crippen molar-refractivity contribution in [3.63, 3.8) is 0 Å². The summed E-state index contributed by atoms with van der Waals surface area (Å²) in [5.41, 5.74) is 0.683. The zero-order chi connectivity index (χ0) is 20.1. The summed E-state index contributed by atoms with van der Waals surface area (Å²) in [6, 6.07) is 8.86. The third kappa shape index (κ3) is 4.62. The van der Waals surface area contributed by atoms with E-state index in [0.717, 1.165) is 39.1 Å². The average Bonchev–Trinajstić information content (AvgIpc) is 3.29. The lowest BCUT2D eigenvalue weighted by Gasteiger charge is -2.48. The van der Waals surface area contributed by atoms with E-state index in [1.807, 2.05) is 30.3 Å². The molecular formula is C22H31N3O3S. The minimum Gasteiger partial charge on any atom is -0.379 e. The van der Waals surface area contributed by atoms with Crippen LogP contribution in [0.1, 0.15) is 42.5 Å². The molecule has 0 radical (unpaired) electrons. The van der Waals surface area contributed by atoms with Crippen molar-refractivity contribution in [3.05, 3.63) is 35.9 Å². The number of thioether (sulfide) groups is 1. The molecule has 1 aromatic rings. The van der Waals surface area contributed by atoms with Gasteiger partial charge in [-0.2, -0.15) is 0 Å². The highest BCUT2D eigenvalue weighted by Crippen LogP contribution is 2.34. The van der Waals surface area contributed by atoms with Gasteiger partial charge in [-0.1, -0.05) is 37.5 Å². The number of carbonyl (C=O) groups excluding carboxylic acids is 2. The summed E-state index contributed by atoms with van der Waals surface area (Å²) in [6.45, 7) is 4.09. The maximum Gasteiger partial charge on any atom is 0.255 e. The Morgan fingerprint density at radius 3 is 2.55 bits per heavy atom. The number of morpholine rings is 1. The van der Waals surface area contributed by atoms with Gasteiger partial charge in [0, 0.05) is 36.5 Å². The molecule has 2 amide bonds. The Hall–Kier alpha value is -1.57. The second kappa shape index (κ2) is 9.49. The van der Waals surface area contributed by atoms with E-state index < -0.39 is 6.04 Å². The second-order valence-electron chi connectivity index (χ2n) is 8.26. The molecular weight excluding hydrogens is 386 g/mol. The van der Waals surface area contributed by atoms with Crippen LogP contribution < -0.4 is 5.32 Å². The lowest BCUT2D eigenvalue weighted by molar-refractivity contribution is -0.125. The molecule has 29 heavy (non-hydrogen) atoms. The molecule has 1 aromatic carbocycles. The van der Waals surface area contributed by atoms with E-state index in [0.29, 0.717) is 23.7 Å². The minimum absolute atomic E-state index is 0.0162. The Morgan fingerprint density at radius 2 is 1.83 bits per heavy atom. The van der Waals surface area contributed by atoms with Crippen molar-refractivity contribution >= 4 is 23.6 Å². The lowest BCUT2D eigenvalue weighted by atomic mass is 9.79. The number of ether oxygens (including phenoxy) is 1. The number of carbonyl (C=O) groups is 2. The normalized spacial score (nSPS) is 25.0. The number of benzene rings is 1. The Labute approximate surface area is 177 Å². The van der Waals surface area contributed by atoms with Gasteiger partial charge in [0.25, 0.3) is 5.91 Å². The highest BCUT2D eigenvalue weighted by Gasteiger charge is 2.41. The number of hydrogen-bond donors (Lipinski definition) is 1. The maximum atomic E-state index is 13.1. The van der Waals surface area contributed by atoms with E-state index in [2.05, 4.69) is 10.2 Å². The largest absolute Gasteiger partial charge is 0.379 e. The van der Waals surface area contributed by atoms with E-state index in [-0.39, 0.29) is 17.4 Å². The van der Waals surface area contributed by atoms with Crippen molar-refractivity contribution in [2.75, 3.05) is 44.5 Å². The molecule has 1 N–H and O–H groups in total. The minimum atomic E-state index is -0.391. The molecule has 6 nitrogen and oxygen atoms in total. The molecule has 7 heteroatoms. The van der Waals surface area contributed by atoms with Crippen molar-refractivity contribution < 1.29 is 14.3 Å². The van der Waals surface area contributed by atoms with Gasteiger partial charge < -0.3 is 15.0 Å². The first-order valence-corrected chi connectivity index (χ1v) is 11.9. The zero-order valence-corrected chi connectivity index (χ0v) is 17.8. The van der Waals surface area contributed by atoms with Gasteiger partial charge in [-0.25, -0.2) is 0 Å². The highest BCUT2D eigenvalue weighted by atomic mass is 32.2. The van der Waals surface area contributed by atoms with E-state index in [9.17, 15) is 9.59 Å². The molecule has 158 valence electrons. The first kappa shape index (κ1) is 20.7. The number of nitrogens with one attached hydrogen (secondary N) is 1. The first-order valence-electron chi connectivity index (χ1n) is 10.7. The van der Waals surface area contributed by atoms with E-state index >= 15 is 0 Å². The summed E-state index contributed by atoms with van der Waals surface area (Å²) in [7, 11) is 0. The molecule has 4 rings (SSSR count). The van der Waals surface area contributed by atoms with E-state index in [1.54, 1.807) is 16.7 Å². The van der Waals surface area contributed by atoms with Crippen LogP contribution in [0, 0.1) is 0 Å². The van der Waals surface area contributed by atoms with E-state index in [1.165, 1.54) is 19.3 Å². The highest BCUT2D eigenvalue weighted by molar-refractivity contribution is 7.99. The molecule has 0 bridgehead atoms. The van der Waals surface area contributed by atoms with Crippen LogP contribution in [0.3, 0.4) is 0 Å². The molecule has 2 heterocycles. The van der Waals surface area contributed by atoms with Crippen LogP contribution in [0.4, 0.5) is 0 Å².